The first-order chi connectivity index (χ1) is 9.48. The Morgan fingerprint density at radius 2 is 2.25 bits per heavy atom. The molecule has 1 aliphatic heterocycles. The van der Waals surface area contributed by atoms with E-state index < -0.39 is 10.0 Å². The van der Waals surface area contributed by atoms with Gasteiger partial charge in [0.1, 0.15) is 4.90 Å². The van der Waals surface area contributed by atoms with Gasteiger partial charge in [-0.25, -0.2) is 8.42 Å². The van der Waals surface area contributed by atoms with Crippen LogP contribution in [0.1, 0.15) is 26.2 Å². The van der Waals surface area contributed by atoms with E-state index in [1.807, 2.05) is 0 Å². The predicted octanol–water partition coefficient (Wildman–Crippen LogP) is 1.98. The minimum atomic E-state index is -3.52. The van der Waals surface area contributed by atoms with E-state index in [0.29, 0.717) is 23.5 Å². The van der Waals surface area contributed by atoms with E-state index in [2.05, 4.69) is 27.8 Å². The molecule has 2 unspecified atom stereocenters. The number of hydrogen-bond donors (Lipinski definition) is 1. The highest BCUT2D eigenvalue weighted by Crippen LogP contribution is 2.30. The average molecular weight is 362 g/mol. The molecule has 0 aromatic carbocycles. The van der Waals surface area contributed by atoms with Gasteiger partial charge in [-0.15, -0.1) is 0 Å². The number of sulfonamides is 1. The lowest BCUT2D eigenvalue weighted by Crippen LogP contribution is -2.49. The Labute approximate surface area is 128 Å². The second-order valence-electron chi connectivity index (χ2n) is 5.14. The summed E-state index contributed by atoms with van der Waals surface area (Å²) in [6.45, 7) is 3.03. The monoisotopic (exact) mass is 361 g/mol. The molecule has 1 aromatic heterocycles. The van der Waals surface area contributed by atoms with Gasteiger partial charge in [0, 0.05) is 36.0 Å². The van der Waals surface area contributed by atoms with Gasteiger partial charge in [-0.2, -0.15) is 4.31 Å². The van der Waals surface area contributed by atoms with Crippen molar-refractivity contribution in [2.24, 2.45) is 11.7 Å². The van der Waals surface area contributed by atoms with Crippen molar-refractivity contribution in [2.45, 2.75) is 37.1 Å². The maximum Gasteiger partial charge on any atom is 0.244 e. The lowest BCUT2D eigenvalue weighted by Gasteiger charge is -2.37. The van der Waals surface area contributed by atoms with Crippen LogP contribution in [0.5, 0.6) is 0 Å². The number of aromatic nitrogens is 1. The molecule has 1 saturated heterocycles. The fourth-order valence-electron chi connectivity index (χ4n) is 2.68. The minimum Gasteiger partial charge on any atom is -0.329 e. The first kappa shape index (κ1) is 15.9. The molecule has 0 radical (unpaired) electrons. The van der Waals surface area contributed by atoms with Crippen molar-refractivity contribution in [1.29, 1.82) is 0 Å². The van der Waals surface area contributed by atoms with Crippen molar-refractivity contribution in [2.75, 3.05) is 13.1 Å². The molecule has 1 aromatic rings. The summed E-state index contributed by atoms with van der Waals surface area (Å²) in [5.41, 5.74) is 5.78. The molecule has 2 heterocycles. The van der Waals surface area contributed by atoms with Gasteiger partial charge in [0.15, 0.2) is 0 Å². The molecule has 5 nitrogen and oxygen atoms in total. The van der Waals surface area contributed by atoms with Crippen LogP contribution in [0.25, 0.3) is 0 Å². The first-order valence-electron chi connectivity index (χ1n) is 6.81. The molecule has 2 N–H and O–H groups in total. The van der Waals surface area contributed by atoms with Gasteiger partial charge in [-0.05, 0) is 40.8 Å². The van der Waals surface area contributed by atoms with E-state index in [1.54, 1.807) is 16.6 Å². The highest BCUT2D eigenvalue weighted by atomic mass is 79.9. The predicted molar refractivity (Wildman–Crippen MR) is 81.7 cm³/mol. The van der Waals surface area contributed by atoms with E-state index in [1.165, 1.54) is 6.20 Å². The molecular formula is C13H20BrN3O2S. The normalized spacial score (nSPS) is 24.8. The van der Waals surface area contributed by atoms with Crippen LogP contribution in [0.15, 0.2) is 27.8 Å². The third kappa shape index (κ3) is 3.21. The smallest absolute Gasteiger partial charge is 0.244 e. The number of pyridine rings is 1. The topological polar surface area (TPSA) is 76.3 Å². The van der Waals surface area contributed by atoms with Crippen LogP contribution in [0, 0.1) is 5.92 Å². The SMILES string of the molecule is CCC1CCN(S(=O)(=O)c2cncc(Br)c2)C(CN)C1. The Bertz CT molecular complexity index is 564. The maximum absolute atomic E-state index is 12.7. The Morgan fingerprint density at radius 3 is 2.85 bits per heavy atom. The molecule has 2 atom stereocenters. The lowest BCUT2D eigenvalue weighted by molar-refractivity contribution is 0.197. The molecule has 0 amide bonds. The van der Waals surface area contributed by atoms with Crippen molar-refractivity contribution < 1.29 is 8.42 Å². The van der Waals surface area contributed by atoms with Crippen molar-refractivity contribution in [1.82, 2.24) is 9.29 Å². The van der Waals surface area contributed by atoms with Crippen molar-refractivity contribution in [3.05, 3.63) is 22.9 Å². The largest absolute Gasteiger partial charge is 0.329 e. The highest BCUT2D eigenvalue weighted by Gasteiger charge is 2.35. The third-order valence-corrected chi connectivity index (χ3v) is 6.26. The maximum atomic E-state index is 12.7. The number of nitrogens with two attached hydrogens (primary N) is 1. The average Bonchev–Trinajstić information content (AvgIpc) is 2.46. The highest BCUT2D eigenvalue weighted by molar-refractivity contribution is 9.10. The van der Waals surface area contributed by atoms with Gasteiger partial charge < -0.3 is 5.73 Å². The van der Waals surface area contributed by atoms with Crippen molar-refractivity contribution in [3.8, 4) is 0 Å². The van der Waals surface area contributed by atoms with Crippen LogP contribution in [0.3, 0.4) is 0 Å². The van der Waals surface area contributed by atoms with Gasteiger partial charge in [0.2, 0.25) is 10.0 Å². The summed E-state index contributed by atoms with van der Waals surface area (Å²) in [5, 5.41) is 0. The fourth-order valence-corrected chi connectivity index (χ4v) is 4.85. The van der Waals surface area contributed by atoms with Crippen molar-refractivity contribution in [3.63, 3.8) is 0 Å². The Balaban J connectivity index is 2.29. The molecule has 0 bridgehead atoms. The number of rotatable bonds is 4. The zero-order valence-corrected chi connectivity index (χ0v) is 13.9. The Morgan fingerprint density at radius 1 is 1.50 bits per heavy atom. The molecular weight excluding hydrogens is 342 g/mol. The van der Waals surface area contributed by atoms with Crippen molar-refractivity contribution >= 4 is 26.0 Å². The molecule has 7 heteroatoms. The Hall–Kier alpha value is -0.500. The van der Waals surface area contributed by atoms with Crippen LogP contribution in [0.2, 0.25) is 0 Å². The summed E-state index contributed by atoms with van der Waals surface area (Å²) >= 11 is 3.26. The molecule has 2 rings (SSSR count). The van der Waals surface area contributed by atoms with Gasteiger partial charge >= 0.3 is 0 Å². The van der Waals surface area contributed by atoms with Crippen LogP contribution < -0.4 is 5.73 Å². The van der Waals surface area contributed by atoms with E-state index >= 15 is 0 Å². The lowest BCUT2D eigenvalue weighted by atomic mass is 9.90. The van der Waals surface area contributed by atoms with Crippen LogP contribution in [-0.4, -0.2) is 36.8 Å². The van der Waals surface area contributed by atoms with E-state index in [4.69, 9.17) is 5.73 Å². The molecule has 0 saturated carbocycles. The minimum absolute atomic E-state index is 0.113. The summed E-state index contributed by atoms with van der Waals surface area (Å²) in [6, 6.07) is 1.47. The van der Waals surface area contributed by atoms with E-state index in [-0.39, 0.29) is 10.9 Å². The quantitative estimate of drug-likeness (QED) is 0.889. The number of halogens is 1. The fraction of sp³-hybridized carbons (Fsp3) is 0.615. The molecule has 0 spiro atoms. The van der Waals surface area contributed by atoms with Crippen LogP contribution >= 0.6 is 15.9 Å². The number of nitrogens with zero attached hydrogens (tertiary/aromatic N) is 2. The first-order valence-corrected chi connectivity index (χ1v) is 9.04. The van der Waals surface area contributed by atoms with E-state index in [0.717, 1.165) is 19.3 Å². The molecule has 0 aliphatic carbocycles. The summed E-state index contributed by atoms with van der Waals surface area (Å²) in [5.74, 6) is 0.565. The number of hydrogen-bond acceptors (Lipinski definition) is 4. The second-order valence-corrected chi connectivity index (χ2v) is 7.95. The van der Waals surface area contributed by atoms with E-state index in [9.17, 15) is 8.42 Å². The summed E-state index contributed by atoms with van der Waals surface area (Å²) in [4.78, 5) is 4.17. The zero-order valence-electron chi connectivity index (χ0n) is 11.5. The summed E-state index contributed by atoms with van der Waals surface area (Å²) < 4.78 is 27.6. The molecule has 1 aliphatic rings. The number of piperidine rings is 1. The standard InChI is InChI=1S/C13H20BrN3O2S/c1-2-10-3-4-17(12(5-10)7-15)20(18,19)13-6-11(14)8-16-9-13/h6,8-10,12H,2-5,7,15H2,1H3. The van der Waals surface area contributed by atoms with Crippen LogP contribution in [0.4, 0.5) is 0 Å². The van der Waals surface area contributed by atoms with Crippen LogP contribution in [-0.2, 0) is 10.0 Å². The molecule has 1 fully saturated rings. The molecule has 112 valence electrons. The van der Waals surface area contributed by atoms with Gasteiger partial charge in [0.05, 0.1) is 0 Å². The second kappa shape index (κ2) is 6.51. The summed E-state index contributed by atoms with van der Waals surface area (Å²) in [6.07, 6.45) is 5.77. The third-order valence-electron chi connectivity index (χ3n) is 3.91. The van der Waals surface area contributed by atoms with Gasteiger partial charge in [-0.1, -0.05) is 13.3 Å². The summed E-state index contributed by atoms with van der Waals surface area (Å²) in [7, 11) is -3.52. The zero-order chi connectivity index (χ0) is 14.8. The Kier molecular flexibility index (Phi) is 5.17. The molecule has 20 heavy (non-hydrogen) atoms. The van der Waals surface area contributed by atoms with Gasteiger partial charge in [-0.3, -0.25) is 4.98 Å². The van der Waals surface area contributed by atoms with Gasteiger partial charge in [0.25, 0.3) is 0 Å².